The number of hydrogen-bond donors (Lipinski definition) is 0. The van der Waals surface area contributed by atoms with E-state index < -0.39 is 0 Å². The minimum atomic E-state index is 0.0682. The van der Waals surface area contributed by atoms with Crippen LogP contribution in [0.15, 0.2) is 48.5 Å². The first-order chi connectivity index (χ1) is 14.0. The zero-order valence-corrected chi connectivity index (χ0v) is 18.3. The fourth-order valence-corrected chi connectivity index (χ4v) is 5.04. The summed E-state index contributed by atoms with van der Waals surface area (Å²) in [6, 6.07) is 16.5. The van der Waals surface area contributed by atoms with Crippen LogP contribution in [0.4, 0.5) is 5.69 Å². The molecule has 4 rings (SSSR count). The number of carbonyl (C=O) groups excluding carboxylic acids is 1. The van der Waals surface area contributed by atoms with Crippen LogP contribution in [0.3, 0.4) is 0 Å². The van der Waals surface area contributed by atoms with Crippen molar-refractivity contribution in [3.8, 4) is 16.2 Å². The summed E-state index contributed by atoms with van der Waals surface area (Å²) in [4.78, 5) is 17.3. The Hall–Kier alpha value is -2.59. The van der Waals surface area contributed by atoms with Crippen molar-refractivity contribution in [3.05, 3.63) is 70.1 Å². The summed E-state index contributed by atoms with van der Waals surface area (Å²) in [6.07, 6.45) is 0.911. The number of benzene rings is 2. The summed E-state index contributed by atoms with van der Waals surface area (Å²) in [7, 11) is 0. The van der Waals surface area contributed by atoms with E-state index in [1.807, 2.05) is 23.1 Å². The monoisotopic (exact) mass is 405 g/mol. The first-order valence-corrected chi connectivity index (χ1v) is 11.1. The molecule has 3 nitrogen and oxygen atoms in total. The second-order valence-corrected chi connectivity index (χ2v) is 8.96. The summed E-state index contributed by atoms with van der Waals surface area (Å²) in [6.45, 7) is 9.79. The van der Waals surface area contributed by atoms with Gasteiger partial charge in [0.1, 0.15) is 12.4 Å². The van der Waals surface area contributed by atoms with Crippen molar-refractivity contribution in [1.29, 1.82) is 0 Å². The molecular formula is C25H27NO2S. The number of fused-ring (bicyclic) bond motifs is 3. The van der Waals surface area contributed by atoms with Crippen molar-refractivity contribution >= 4 is 22.9 Å². The van der Waals surface area contributed by atoms with Crippen LogP contribution in [0.1, 0.15) is 59.5 Å². The molecule has 2 aromatic carbocycles. The highest BCUT2D eigenvalue weighted by Gasteiger charge is 2.26. The van der Waals surface area contributed by atoms with Gasteiger partial charge in [-0.2, -0.15) is 0 Å². The molecular weight excluding hydrogens is 378 g/mol. The van der Waals surface area contributed by atoms with Gasteiger partial charge in [0.25, 0.3) is 5.91 Å². The van der Waals surface area contributed by atoms with Gasteiger partial charge in [0, 0.05) is 28.2 Å². The van der Waals surface area contributed by atoms with Gasteiger partial charge < -0.3 is 9.64 Å². The van der Waals surface area contributed by atoms with E-state index in [9.17, 15) is 4.79 Å². The molecule has 1 aromatic heterocycles. The van der Waals surface area contributed by atoms with Crippen LogP contribution in [0.2, 0.25) is 0 Å². The molecule has 1 amide bonds. The first-order valence-electron chi connectivity index (χ1n) is 10.3. The predicted octanol–water partition coefficient (Wildman–Crippen LogP) is 6.80. The summed E-state index contributed by atoms with van der Waals surface area (Å²) < 4.78 is 5.93. The minimum absolute atomic E-state index is 0.0682. The SMILES string of the molecule is CCCN(C(=O)c1cc2c(s1)-c1c(C)cccc1OC2)c1ccc(C(C)C)cc1. The standard InChI is InChI=1S/C25H27NO2S/c1-5-13-26(20-11-9-18(10-12-20)16(2)3)25(27)22-14-19-15-28-21-8-6-7-17(4)23(21)24(19)29-22/h6-12,14,16H,5,13,15H2,1-4H3. The second-order valence-electron chi connectivity index (χ2n) is 7.90. The number of carbonyl (C=O) groups is 1. The van der Waals surface area contributed by atoms with Crippen LogP contribution in [-0.2, 0) is 6.61 Å². The van der Waals surface area contributed by atoms with Crippen LogP contribution >= 0.6 is 11.3 Å². The van der Waals surface area contributed by atoms with Gasteiger partial charge in [0.15, 0.2) is 0 Å². The molecule has 1 aliphatic rings. The van der Waals surface area contributed by atoms with Gasteiger partial charge in [0.05, 0.1) is 4.88 Å². The minimum Gasteiger partial charge on any atom is -0.488 e. The maximum Gasteiger partial charge on any atom is 0.268 e. The van der Waals surface area contributed by atoms with Gasteiger partial charge in [-0.15, -0.1) is 11.3 Å². The number of rotatable bonds is 5. The molecule has 0 saturated carbocycles. The fraction of sp³-hybridized carbons (Fsp3) is 0.320. The summed E-state index contributed by atoms with van der Waals surface area (Å²) in [5.74, 6) is 1.46. The smallest absolute Gasteiger partial charge is 0.268 e. The Bertz CT molecular complexity index is 1030. The molecule has 0 atom stereocenters. The molecule has 0 unspecified atom stereocenters. The van der Waals surface area contributed by atoms with E-state index in [-0.39, 0.29) is 5.91 Å². The fourth-order valence-electron chi connectivity index (χ4n) is 3.80. The molecule has 0 radical (unpaired) electrons. The topological polar surface area (TPSA) is 29.5 Å². The molecule has 1 aliphatic heterocycles. The average Bonchev–Trinajstić information content (AvgIpc) is 3.16. The first kappa shape index (κ1) is 19.7. The zero-order valence-electron chi connectivity index (χ0n) is 17.5. The highest BCUT2D eigenvalue weighted by molar-refractivity contribution is 7.17. The third-order valence-electron chi connectivity index (χ3n) is 5.43. The largest absolute Gasteiger partial charge is 0.488 e. The number of aryl methyl sites for hydroxylation is 1. The molecule has 0 N–H and O–H groups in total. The highest BCUT2D eigenvalue weighted by Crippen LogP contribution is 2.44. The lowest BCUT2D eigenvalue weighted by molar-refractivity contribution is 0.0990. The third kappa shape index (κ3) is 3.69. The molecule has 0 saturated heterocycles. The van der Waals surface area contributed by atoms with E-state index in [1.165, 1.54) is 16.0 Å². The van der Waals surface area contributed by atoms with Crippen molar-refractivity contribution in [1.82, 2.24) is 0 Å². The van der Waals surface area contributed by atoms with Crippen LogP contribution < -0.4 is 9.64 Å². The number of anilines is 1. The van der Waals surface area contributed by atoms with Gasteiger partial charge in [-0.3, -0.25) is 4.79 Å². The van der Waals surface area contributed by atoms with Crippen molar-refractivity contribution in [2.45, 2.75) is 46.6 Å². The number of thiophene rings is 1. The Morgan fingerprint density at radius 1 is 1.17 bits per heavy atom. The summed E-state index contributed by atoms with van der Waals surface area (Å²) >= 11 is 1.59. The summed E-state index contributed by atoms with van der Waals surface area (Å²) in [5.41, 5.74) is 5.65. The zero-order chi connectivity index (χ0) is 20.5. The molecule has 2 heterocycles. The molecule has 29 heavy (non-hydrogen) atoms. The molecule has 0 aliphatic carbocycles. The van der Waals surface area contributed by atoms with Gasteiger partial charge >= 0.3 is 0 Å². The molecule has 4 heteroatoms. The average molecular weight is 406 g/mol. The van der Waals surface area contributed by atoms with Gasteiger partial charge in [0.2, 0.25) is 0 Å². The van der Waals surface area contributed by atoms with E-state index in [1.54, 1.807) is 11.3 Å². The lowest BCUT2D eigenvalue weighted by Crippen LogP contribution is -2.31. The van der Waals surface area contributed by atoms with Crippen LogP contribution in [0.5, 0.6) is 5.75 Å². The molecule has 0 spiro atoms. The Balaban J connectivity index is 1.69. The normalized spacial score (nSPS) is 12.3. The highest BCUT2D eigenvalue weighted by atomic mass is 32.1. The van der Waals surface area contributed by atoms with E-state index in [4.69, 9.17) is 4.74 Å². The maximum absolute atomic E-state index is 13.5. The van der Waals surface area contributed by atoms with Crippen molar-refractivity contribution in [2.24, 2.45) is 0 Å². The number of amides is 1. The Kier molecular flexibility index (Phi) is 5.46. The lowest BCUT2D eigenvalue weighted by Gasteiger charge is -2.22. The Morgan fingerprint density at radius 3 is 2.62 bits per heavy atom. The quantitative estimate of drug-likeness (QED) is 0.467. The van der Waals surface area contributed by atoms with Crippen LogP contribution in [0, 0.1) is 6.92 Å². The van der Waals surface area contributed by atoms with Crippen molar-refractivity contribution in [3.63, 3.8) is 0 Å². The molecule has 0 bridgehead atoms. The third-order valence-corrected chi connectivity index (χ3v) is 6.61. The van der Waals surface area contributed by atoms with E-state index in [0.717, 1.165) is 33.9 Å². The summed E-state index contributed by atoms with van der Waals surface area (Å²) in [5, 5.41) is 0. The van der Waals surface area contributed by atoms with Crippen molar-refractivity contribution < 1.29 is 9.53 Å². The van der Waals surface area contributed by atoms with E-state index >= 15 is 0 Å². The molecule has 0 fully saturated rings. The van der Waals surface area contributed by atoms with Crippen LogP contribution in [0.25, 0.3) is 10.4 Å². The molecule has 150 valence electrons. The van der Waals surface area contributed by atoms with Crippen LogP contribution in [-0.4, -0.2) is 12.5 Å². The molecule has 3 aromatic rings. The lowest BCUT2D eigenvalue weighted by atomic mass is 10.0. The predicted molar refractivity (Wildman–Crippen MR) is 121 cm³/mol. The van der Waals surface area contributed by atoms with Crippen molar-refractivity contribution in [2.75, 3.05) is 11.4 Å². The maximum atomic E-state index is 13.5. The Morgan fingerprint density at radius 2 is 1.93 bits per heavy atom. The Labute approximate surface area is 176 Å². The second kappa shape index (κ2) is 8.03. The number of ether oxygens (including phenoxy) is 1. The van der Waals surface area contributed by atoms with E-state index in [0.29, 0.717) is 19.1 Å². The van der Waals surface area contributed by atoms with Gasteiger partial charge in [-0.1, -0.05) is 45.0 Å². The van der Waals surface area contributed by atoms with Gasteiger partial charge in [-0.05, 0) is 54.7 Å². The van der Waals surface area contributed by atoms with E-state index in [2.05, 4.69) is 58.0 Å². The number of hydrogen-bond acceptors (Lipinski definition) is 3. The van der Waals surface area contributed by atoms with Gasteiger partial charge in [-0.25, -0.2) is 0 Å². The number of nitrogens with zero attached hydrogens (tertiary/aromatic N) is 1.